The van der Waals surface area contributed by atoms with Crippen LogP contribution >= 0.6 is 0 Å². The maximum absolute atomic E-state index is 11.9. The molecule has 2 aliphatic rings. The van der Waals surface area contributed by atoms with Crippen molar-refractivity contribution in [2.45, 2.75) is 71.7 Å². The van der Waals surface area contributed by atoms with Crippen molar-refractivity contribution in [1.29, 1.82) is 0 Å². The fourth-order valence-corrected chi connectivity index (χ4v) is 4.30. The molecule has 0 spiro atoms. The number of nitrogens with one attached hydrogen (secondary N) is 2. The van der Waals surface area contributed by atoms with Gasteiger partial charge in [-0.3, -0.25) is 4.79 Å². The first-order valence-electron chi connectivity index (χ1n) is 10.7. The van der Waals surface area contributed by atoms with E-state index in [0.717, 1.165) is 37.5 Å². The van der Waals surface area contributed by atoms with E-state index in [1.807, 2.05) is 4.90 Å². The number of ether oxygens (including phenoxy) is 1. The van der Waals surface area contributed by atoms with Gasteiger partial charge in [0, 0.05) is 44.6 Å². The normalized spacial score (nSPS) is 26.4. The third-order valence-electron chi connectivity index (χ3n) is 6.89. The lowest BCUT2D eigenvalue weighted by molar-refractivity contribution is -0.176. The van der Waals surface area contributed by atoms with E-state index < -0.39 is 0 Å². The SMILES string of the molecule is CCNC(=NCc1cccc(CN2CCCC2=O)c1)NC1CC(C)(OC)C1(C)C. The van der Waals surface area contributed by atoms with E-state index in [0.29, 0.717) is 25.6 Å². The maximum atomic E-state index is 11.9. The summed E-state index contributed by atoms with van der Waals surface area (Å²) >= 11 is 0. The van der Waals surface area contributed by atoms with Crippen LogP contribution in [0.1, 0.15) is 58.1 Å². The predicted octanol–water partition coefficient (Wildman–Crippen LogP) is 3.07. The summed E-state index contributed by atoms with van der Waals surface area (Å²) in [5, 5.41) is 6.95. The molecule has 2 unspecified atom stereocenters. The molecule has 1 saturated heterocycles. The Hall–Kier alpha value is -2.08. The highest BCUT2D eigenvalue weighted by molar-refractivity contribution is 5.80. The van der Waals surface area contributed by atoms with E-state index in [1.54, 1.807) is 7.11 Å². The van der Waals surface area contributed by atoms with Crippen LogP contribution in [0.15, 0.2) is 29.3 Å². The smallest absolute Gasteiger partial charge is 0.222 e. The average molecular weight is 401 g/mol. The van der Waals surface area contributed by atoms with Crippen molar-refractivity contribution < 1.29 is 9.53 Å². The predicted molar refractivity (Wildman–Crippen MR) is 117 cm³/mol. The minimum atomic E-state index is -0.108. The van der Waals surface area contributed by atoms with Crippen molar-refractivity contribution in [2.24, 2.45) is 10.4 Å². The zero-order valence-electron chi connectivity index (χ0n) is 18.5. The lowest BCUT2D eigenvalue weighted by Crippen LogP contribution is -2.69. The highest BCUT2D eigenvalue weighted by Crippen LogP contribution is 2.51. The number of nitrogens with zero attached hydrogens (tertiary/aromatic N) is 2. The number of carbonyl (C=O) groups is 1. The Morgan fingerprint density at radius 3 is 2.69 bits per heavy atom. The van der Waals surface area contributed by atoms with Crippen LogP contribution in [-0.4, -0.2) is 48.6 Å². The molecule has 2 fully saturated rings. The molecule has 3 rings (SSSR count). The Morgan fingerprint density at radius 2 is 2.07 bits per heavy atom. The third kappa shape index (κ3) is 4.58. The monoisotopic (exact) mass is 400 g/mol. The van der Waals surface area contributed by atoms with Crippen molar-refractivity contribution in [3.63, 3.8) is 0 Å². The molecule has 0 radical (unpaired) electrons. The fraction of sp³-hybridized carbons (Fsp3) is 0.652. The van der Waals surface area contributed by atoms with Crippen molar-refractivity contribution in [1.82, 2.24) is 15.5 Å². The highest BCUT2D eigenvalue weighted by Gasteiger charge is 2.58. The molecule has 1 amide bonds. The van der Waals surface area contributed by atoms with Gasteiger partial charge in [-0.1, -0.05) is 38.1 Å². The molecule has 1 aliphatic heterocycles. The first-order chi connectivity index (χ1) is 13.8. The van der Waals surface area contributed by atoms with E-state index in [2.05, 4.69) is 62.6 Å². The molecule has 1 aliphatic carbocycles. The number of carbonyl (C=O) groups excluding carboxylic acids is 1. The summed E-state index contributed by atoms with van der Waals surface area (Å²) in [5.41, 5.74) is 2.24. The molecule has 0 bridgehead atoms. The molecule has 160 valence electrons. The molecule has 1 aromatic rings. The molecule has 2 N–H and O–H groups in total. The lowest BCUT2D eigenvalue weighted by Gasteiger charge is -2.59. The number of methoxy groups -OCH3 is 1. The quantitative estimate of drug-likeness (QED) is 0.545. The van der Waals surface area contributed by atoms with Crippen LogP contribution in [0.3, 0.4) is 0 Å². The zero-order valence-corrected chi connectivity index (χ0v) is 18.5. The summed E-state index contributed by atoms with van der Waals surface area (Å²) in [6.45, 7) is 11.7. The number of benzene rings is 1. The van der Waals surface area contributed by atoms with E-state index in [9.17, 15) is 4.79 Å². The first-order valence-corrected chi connectivity index (χ1v) is 10.7. The number of likely N-dealkylation sites (tertiary alicyclic amines) is 1. The van der Waals surface area contributed by atoms with Crippen molar-refractivity contribution in [2.75, 3.05) is 20.2 Å². The van der Waals surface area contributed by atoms with Gasteiger partial charge in [0.15, 0.2) is 5.96 Å². The summed E-state index contributed by atoms with van der Waals surface area (Å²) in [5.74, 6) is 1.10. The van der Waals surface area contributed by atoms with E-state index in [1.165, 1.54) is 5.56 Å². The van der Waals surface area contributed by atoms with Gasteiger partial charge in [0.2, 0.25) is 5.91 Å². The van der Waals surface area contributed by atoms with Crippen LogP contribution in [-0.2, 0) is 22.6 Å². The van der Waals surface area contributed by atoms with Gasteiger partial charge < -0.3 is 20.3 Å². The van der Waals surface area contributed by atoms with Crippen molar-refractivity contribution in [3.05, 3.63) is 35.4 Å². The summed E-state index contributed by atoms with van der Waals surface area (Å²) in [4.78, 5) is 18.6. The van der Waals surface area contributed by atoms with Gasteiger partial charge in [-0.15, -0.1) is 0 Å². The first kappa shape index (κ1) is 21.6. The molecule has 29 heavy (non-hydrogen) atoms. The number of amides is 1. The van der Waals surface area contributed by atoms with Gasteiger partial charge in [-0.2, -0.15) is 0 Å². The second-order valence-electron chi connectivity index (χ2n) is 8.99. The van der Waals surface area contributed by atoms with Gasteiger partial charge in [0.1, 0.15) is 0 Å². The van der Waals surface area contributed by atoms with Gasteiger partial charge in [0.05, 0.1) is 12.1 Å². The molecule has 1 saturated carbocycles. The Bertz CT molecular complexity index is 761. The Morgan fingerprint density at radius 1 is 1.31 bits per heavy atom. The molecule has 6 nitrogen and oxygen atoms in total. The van der Waals surface area contributed by atoms with Gasteiger partial charge in [-0.05, 0) is 37.8 Å². The van der Waals surface area contributed by atoms with Gasteiger partial charge in [0.25, 0.3) is 0 Å². The molecular formula is C23H36N4O2. The van der Waals surface area contributed by atoms with Crippen LogP contribution in [0.25, 0.3) is 0 Å². The standard InChI is InChI=1S/C23H36N4O2/c1-6-24-21(26-19-14-23(4,29-5)22(19,2)3)25-15-17-9-7-10-18(13-17)16-27-12-8-11-20(27)28/h7,9-10,13,19H,6,8,11-12,14-16H2,1-5H3,(H2,24,25,26). The van der Waals surface area contributed by atoms with Gasteiger partial charge in [-0.25, -0.2) is 4.99 Å². The molecule has 0 aromatic heterocycles. The van der Waals surface area contributed by atoms with E-state index in [4.69, 9.17) is 9.73 Å². The second kappa shape index (κ2) is 8.74. The number of rotatable bonds is 7. The molecule has 1 aromatic carbocycles. The number of aliphatic imine (C=N–C) groups is 1. The summed E-state index contributed by atoms with van der Waals surface area (Å²) in [6, 6.07) is 8.72. The molecule has 6 heteroatoms. The Balaban J connectivity index is 1.63. The Labute approximate surface area is 175 Å². The summed E-state index contributed by atoms with van der Waals surface area (Å²) < 4.78 is 5.74. The number of hydrogen-bond donors (Lipinski definition) is 2. The second-order valence-corrected chi connectivity index (χ2v) is 8.99. The fourth-order valence-electron chi connectivity index (χ4n) is 4.30. The maximum Gasteiger partial charge on any atom is 0.222 e. The number of hydrogen-bond acceptors (Lipinski definition) is 3. The summed E-state index contributed by atoms with van der Waals surface area (Å²) in [6.07, 6.45) is 2.61. The lowest BCUT2D eigenvalue weighted by atomic mass is 9.56. The number of guanidine groups is 1. The molecule has 2 atom stereocenters. The highest BCUT2D eigenvalue weighted by atomic mass is 16.5. The van der Waals surface area contributed by atoms with E-state index >= 15 is 0 Å². The van der Waals surface area contributed by atoms with Crippen LogP contribution in [0.5, 0.6) is 0 Å². The topological polar surface area (TPSA) is 66.0 Å². The van der Waals surface area contributed by atoms with Crippen LogP contribution in [0.2, 0.25) is 0 Å². The molecule has 1 heterocycles. The molecular weight excluding hydrogens is 364 g/mol. The Kier molecular flexibility index (Phi) is 6.52. The van der Waals surface area contributed by atoms with Crippen molar-refractivity contribution in [3.8, 4) is 0 Å². The van der Waals surface area contributed by atoms with E-state index in [-0.39, 0.29) is 16.9 Å². The van der Waals surface area contributed by atoms with Gasteiger partial charge >= 0.3 is 0 Å². The third-order valence-corrected chi connectivity index (χ3v) is 6.89. The minimum Gasteiger partial charge on any atom is -0.378 e. The van der Waals surface area contributed by atoms with Crippen LogP contribution in [0, 0.1) is 5.41 Å². The largest absolute Gasteiger partial charge is 0.378 e. The van der Waals surface area contributed by atoms with Crippen molar-refractivity contribution >= 4 is 11.9 Å². The average Bonchev–Trinajstić information content (AvgIpc) is 3.10. The minimum absolute atomic E-state index is 0.0279. The van der Waals surface area contributed by atoms with Crippen LogP contribution < -0.4 is 10.6 Å². The summed E-state index contributed by atoms with van der Waals surface area (Å²) in [7, 11) is 1.79. The zero-order chi connectivity index (χ0) is 21.1. The van der Waals surface area contributed by atoms with Crippen LogP contribution in [0.4, 0.5) is 0 Å².